The van der Waals surface area contributed by atoms with Gasteiger partial charge in [-0.2, -0.15) is 0 Å². The molecule has 0 amide bonds. The minimum atomic E-state index is 0.0374. The van der Waals surface area contributed by atoms with Crippen LogP contribution in [0, 0.1) is 0 Å². The molecule has 0 unspecified atom stereocenters. The van der Waals surface area contributed by atoms with Gasteiger partial charge in [0.15, 0.2) is 0 Å². The number of aromatic hydroxyl groups is 1. The SMILES string of the molecule is CC1(C)COc2ccc(-c3ccccc3O)cc21. The lowest BCUT2D eigenvalue weighted by Crippen LogP contribution is -2.18. The predicted molar refractivity (Wildman–Crippen MR) is 72.1 cm³/mol. The molecule has 1 heterocycles. The number of phenolic OH excluding ortho intramolecular Hbond substituents is 1. The number of hydrogen-bond acceptors (Lipinski definition) is 2. The fourth-order valence-corrected chi connectivity index (χ4v) is 2.41. The summed E-state index contributed by atoms with van der Waals surface area (Å²) in [5, 5.41) is 9.91. The second kappa shape index (κ2) is 3.77. The van der Waals surface area contributed by atoms with Crippen molar-refractivity contribution in [3.05, 3.63) is 48.0 Å². The van der Waals surface area contributed by atoms with Crippen molar-refractivity contribution in [1.82, 2.24) is 0 Å². The summed E-state index contributed by atoms with van der Waals surface area (Å²) in [5.74, 6) is 1.27. The number of ether oxygens (including phenoxy) is 1. The summed E-state index contributed by atoms with van der Waals surface area (Å²) < 4.78 is 5.67. The maximum Gasteiger partial charge on any atom is 0.123 e. The van der Waals surface area contributed by atoms with Crippen molar-refractivity contribution >= 4 is 0 Å². The molecule has 0 aliphatic carbocycles. The normalized spacial score (nSPS) is 16.1. The highest BCUT2D eigenvalue weighted by molar-refractivity contribution is 5.72. The zero-order valence-electron chi connectivity index (χ0n) is 10.6. The standard InChI is InChI=1S/C16H16O2/c1-16(2)10-18-15-8-7-11(9-13(15)16)12-5-3-4-6-14(12)17/h3-9,17H,10H2,1-2H3. The van der Waals surface area contributed by atoms with Gasteiger partial charge in [-0.05, 0) is 23.8 Å². The third-order valence-corrected chi connectivity index (χ3v) is 3.51. The fourth-order valence-electron chi connectivity index (χ4n) is 2.41. The van der Waals surface area contributed by atoms with E-state index in [1.807, 2.05) is 30.3 Å². The van der Waals surface area contributed by atoms with E-state index in [0.717, 1.165) is 16.9 Å². The second-order valence-electron chi connectivity index (χ2n) is 5.40. The monoisotopic (exact) mass is 240 g/mol. The van der Waals surface area contributed by atoms with E-state index in [2.05, 4.69) is 19.9 Å². The molecule has 0 aromatic heterocycles. The van der Waals surface area contributed by atoms with Gasteiger partial charge in [-0.15, -0.1) is 0 Å². The molecule has 0 spiro atoms. The number of benzene rings is 2. The van der Waals surface area contributed by atoms with Crippen LogP contribution in [0.2, 0.25) is 0 Å². The van der Waals surface area contributed by atoms with Gasteiger partial charge < -0.3 is 9.84 Å². The van der Waals surface area contributed by atoms with E-state index in [1.165, 1.54) is 5.56 Å². The number of para-hydroxylation sites is 1. The van der Waals surface area contributed by atoms with Crippen LogP contribution < -0.4 is 4.74 Å². The Balaban J connectivity index is 2.14. The molecule has 3 rings (SSSR count). The summed E-state index contributed by atoms with van der Waals surface area (Å²) in [6.45, 7) is 5.06. The Bertz CT molecular complexity index is 600. The lowest BCUT2D eigenvalue weighted by Gasteiger charge is -2.16. The maximum absolute atomic E-state index is 9.91. The van der Waals surface area contributed by atoms with Gasteiger partial charge >= 0.3 is 0 Å². The molecule has 2 nitrogen and oxygen atoms in total. The summed E-state index contributed by atoms with van der Waals surface area (Å²) in [5.41, 5.74) is 3.15. The van der Waals surface area contributed by atoms with Crippen LogP contribution in [0.5, 0.6) is 11.5 Å². The Labute approximate surface area is 107 Å². The first-order valence-corrected chi connectivity index (χ1v) is 6.14. The van der Waals surface area contributed by atoms with Gasteiger partial charge in [0.05, 0.1) is 6.61 Å². The maximum atomic E-state index is 9.91. The van der Waals surface area contributed by atoms with Crippen molar-refractivity contribution in [2.24, 2.45) is 0 Å². The molecule has 2 heteroatoms. The van der Waals surface area contributed by atoms with E-state index in [-0.39, 0.29) is 5.41 Å². The first-order valence-electron chi connectivity index (χ1n) is 6.14. The third kappa shape index (κ3) is 1.65. The van der Waals surface area contributed by atoms with E-state index in [9.17, 15) is 5.11 Å². The first kappa shape index (κ1) is 11.1. The third-order valence-electron chi connectivity index (χ3n) is 3.51. The molecule has 0 saturated heterocycles. The van der Waals surface area contributed by atoms with Crippen molar-refractivity contribution < 1.29 is 9.84 Å². The second-order valence-corrected chi connectivity index (χ2v) is 5.40. The molecular weight excluding hydrogens is 224 g/mol. The van der Waals surface area contributed by atoms with Gasteiger partial charge in [0, 0.05) is 16.5 Å². The highest BCUT2D eigenvalue weighted by atomic mass is 16.5. The van der Waals surface area contributed by atoms with Crippen LogP contribution in [0.3, 0.4) is 0 Å². The number of hydrogen-bond donors (Lipinski definition) is 1. The van der Waals surface area contributed by atoms with Gasteiger partial charge in [-0.3, -0.25) is 0 Å². The van der Waals surface area contributed by atoms with E-state index in [4.69, 9.17) is 4.74 Å². The molecule has 0 radical (unpaired) electrons. The van der Waals surface area contributed by atoms with Gasteiger partial charge in [0.2, 0.25) is 0 Å². The molecule has 0 saturated carbocycles. The molecule has 0 bridgehead atoms. The van der Waals surface area contributed by atoms with Crippen molar-refractivity contribution in [1.29, 1.82) is 0 Å². The van der Waals surface area contributed by atoms with Crippen LogP contribution in [0.25, 0.3) is 11.1 Å². The average molecular weight is 240 g/mol. The zero-order valence-corrected chi connectivity index (χ0v) is 10.6. The lowest BCUT2D eigenvalue weighted by molar-refractivity contribution is 0.291. The van der Waals surface area contributed by atoms with Crippen molar-refractivity contribution in [3.63, 3.8) is 0 Å². The molecule has 1 aliphatic rings. The van der Waals surface area contributed by atoms with Crippen LogP contribution >= 0.6 is 0 Å². The van der Waals surface area contributed by atoms with E-state index >= 15 is 0 Å². The lowest BCUT2D eigenvalue weighted by atomic mass is 9.85. The van der Waals surface area contributed by atoms with Gasteiger partial charge in [-0.25, -0.2) is 0 Å². The van der Waals surface area contributed by atoms with Gasteiger partial charge in [0.25, 0.3) is 0 Å². The van der Waals surface area contributed by atoms with Crippen LogP contribution in [0.15, 0.2) is 42.5 Å². The van der Waals surface area contributed by atoms with Crippen LogP contribution in [-0.4, -0.2) is 11.7 Å². The van der Waals surface area contributed by atoms with E-state index in [0.29, 0.717) is 12.4 Å². The number of fused-ring (bicyclic) bond motifs is 1. The Kier molecular flexibility index (Phi) is 2.34. The summed E-state index contributed by atoms with van der Waals surface area (Å²) in [6, 6.07) is 13.5. The molecule has 1 N–H and O–H groups in total. The smallest absolute Gasteiger partial charge is 0.123 e. The molecule has 0 fully saturated rings. The highest BCUT2D eigenvalue weighted by Crippen LogP contribution is 2.41. The fraction of sp³-hybridized carbons (Fsp3) is 0.250. The number of phenols is 1. The summed E-state index contributed by atoms with van der Waals surface area (Å²) in [4.78, 5) is 0. The average Bonchev–Trinajstić information content (AvgIpc) is 2.66. The highest BCUT2D eigenvalue weighted by Gasteiger charge is 2.31. The van der Waals surface area contributed by atoms with Gasteiger partial charge in [0.1, 0.15) is 11.5 Å². The Morgan fingerprint density at radius 3 is 2.67 bits per heavy atom. The summed E-state index contributed by atoms with van der Waals surface area (Å²) >= 11 is 0. The topological polar surface area (TPSA) is 29.5 Å². The Morgan fingerprint density at radius 2 is 1.89 bits per heavy atom. The minimum absolute atomic E-state index is 0.0374. The van der Waals surface area contributed by atoms with E-state index < -0.39 is 0 Å². The number of rotatable bonds is 1. The summed E-state index contributed by atoms with van der Waals surface area (Å²) in [7, 11) is 0. The Morgan fingerprint density at radius 1 is 1.11 bits per heavy atom. The summed E-state index contributed by atoms with van der Waals surface area (Å²) in [6.07, 6.45) is 0. The quantitative estimate of drug-likeness (QED) is 0.823. The van der Waals surface area contributed by atoms with Crippen LogP contribution in [0.4, 0.5) is 0 Å². The molecule has 0 atom stereocenters. The van der Waals surface area contributed by atoms with Crippen LogP contribution in [-0.2, 0) is 5.41 Å². The molecule has 1 aliphatic heterocycles. The van der Waals surface area contributed by atoms with Crippen molar-refractivity contribution in [3.8, 4) is 22.6 Å². The molecule has 2 aromatic carbocycles. The largest absolute Gasteiger partial charge is 0.507 e. The van der Waals surface area contributed by atoms with Crippen molar-refractivity contribution in [2.45, 2.75) is 19.3 Å². The first-order chi connectivity index (χ1) is 8.58. The molecular formula is C16H16O2. The molecule has 2 aromatic rings. The minimum Gasteiger partial charge on any atom is -0.507 e. The predicted octanol–water partition coefficient (Wildman–Crippen LogP) is 3.73. The van der Waals surface area contributed by atoms with Gasteiger partial charge in [-0.1, -0.05) is 38.1 Å². The Hall–Kier alpha value is -1.96. The molecule has 18 heavy (non-hydrogen) atoms. The molecule has 92 valence electrons. The van der Waals surface area contributed by atoms with E-state index in [1.54, 1.807) is 6.07 Å². The van der Waals surface area contributed by atoms with Crippen LogP contribution in [0.1, 0.15) is 19.4 Å². The zero-order chi connectivity index (χ0) is 12.8. The van der Waals surface area contributed by atoms with Crippen molar-refractivity contribution in [2.75, 3.05) is 6.61 Å².